The number of ether oxygens (including phenoxy) is 1. The average molecular weight is 383 g/mol. The Labute approximate surface area is 166 Å². The number of hydrogen-bond donors (Lipinski definition) is 0. The number of hydrogen-bond acceptors (Lipinski definition) is 6. The summed E-state index contributed by atoms with van der Waals surface area (Å²) in [6.07, 6.45) is 3.67. The highest BCUT2D eigenvalue weighted by Crippen LogP contribution is 2.28. The fraction of sp³-hybridized carbons (Fsp3) is 0.571. The van der Waals surface area contributed by atoms with E-state index in [4.69, 9.17) is 4.74 Å². The van der Waals surface area contributed by atoms with Crippen molar-refractivity contribution in [1.82, 2.24) is 19.7 Å². The van der Waals surface area contributed by atoms with Gasteiger partial charge >= 0.3 is 0 Å². The van der Waals surface area contributed by atoms with Crippen LogP contribution in [0.1, 0.15) is 34.6 Å². The Hall–Kier alpha value is -2.25. The number of aromatic nitrogens is 3. The Morgan fingerprint density at radius 1 is 1.25 bits per heavy atom. The number of morpholine rings is 1. The third-order valence-corrected chi connectivity index (χ3v) is 5.80. The Kier molecular flexibility index (Phi) is 5.73. The van der Waals surface area contributed by atoms with Crippen molar-refractivity contribution < 1.29 is 9.53 Å². The molecule has 0 bridgehead atoms. The fourth-order valence-corrected chi connectivity index (χ4v) is 4.40. The van der Waals surface area contributed by atoms with E-state index in [0.29, 0.717) is 5.69 Å². The van der Waals surface area contributed by atoms with Gasteiger partial charge < -0.3 is 9.64 Å². The van der Waals surface area contributed by atoms with Crippen LogP contribution in [-0.2, 0) is 18.3 Å². The minimum absolute atomic E-state index is 0.0208. The van der Waals surface area contributed by atoms with Gasteiger partial charge in [-0.3, -0.25) is 19.4 Å². The molecule has 28 heavy (non-hydrogen) atoms. The number of Topliss-reactive ketones (excluding diaryl/α,β-unsaturated/α-hetero) is 1. The highest BCUT2D eigenvalue weighted by molar-refractivity contribution is 5.96. The zero-order chi connectivity index (χ0) is 19.5. The van der Waals surface area contributed by atoms with Gasteiger partial charge in [0.1, 0.15) is 11.5 Å². The van der Waals surface area contributed by atoms with Crippen LogP contribution in [0.4, 0.5) is 5.82 Å². The summed E-state index contributed by atoms with van der Waals surface area (Å²) in [7, 11) is 2.02. The predicted octanol–water partition coefficient (Wildman–Crippen LogP) is 2.06. The van der Waals surface area contributed by atoms with Crippen LogP contribution in [0.15, 0.2) is 24.4 Å². The topological polar surface area (TPSA) is 63.5 Å². The molecule has 0 radical (unpaired) electrons. The van der Waals surface area contributed by atoms with Crippen LogP contribution in [0, 0.1) is 12.8 Å². The maximum Gasteiger partial charge on any atom is 0.185 e. The minimum Gasteiger partial charge on any atom is -0.378 e. The first kappa shape index (κ1) is 19.1. The molecule has 2 saturated heterocycles. The van der Waals surface area contributed by atoms with Gasteiger partial charge in [-0.1, -0.05) is 6.07 Å². The summed E-state index contributed by atoms with van der Waals surface area (Å²) in [5, 5.41) is 4.68. The zero-order valence-corrected chi connectivity index (χ0v) is 16.8. The van der Waals surface area contributed by atoms with Crippen LogP contribution in [0.5, 0.6) is 0 Å². The van der Waals surface area contributed by atoms with E-state index in [1.807, 2.05) is 29.9 Å². The van der Waals surface area contributed by atoms with Crippen molar-refractivity contribution in [2.45, 2.75) is 26.3 Å². The van der Waals surface area contributed by atoms with Gasteiger partial charge in [-0.2, -0.15) is 5.10 Å². The van der Waals surface area contributed by atoms with Gasteiger partial charge in [0, 0.05) is 50.9 Å². The lowest BCUT2D eigenvalue weighted by Crippen LogP contribution is -2.40. The van der Waals surface area contributed by atoms with Crippen molar-refractivity contribution in [3.63, 3.8) is 0 Å². The van der Waals surface area contributed by atoms with Crippen molar-refractivity contribution in [2.75, 3.05) is 44.3 Å². The molecule has 0 aliphatic carbocycles. The third kappa shape index (κ3) is 3.95. The maximum atomic E-state index is 12.9. The first-order valence-electron chi connectivity index (χ1n) is 10.2. The molecule has 0 spiro atoms. The van der Waals surface area contributed by atoms with E-state index in [9.17, 15) is 4.79 Å². The summed E-state index contributed by atoms with van der Waals surface area (Å²) < 4.78 is 7.51. The van der Waals surface area contributed by atoms with Crippen LogP contribution in [0.2, 0.25) is 0 Å². The molecular weight excluding hydrogens is 354 g/mol. The van der Waals surface area contributed by atoms with Crippen molar-refractivity contribution in [3.8, 4) is 0 Å². The molecule has 4 rings (SSSR count). The van der Waals surface area contributed by atoms with Crippen molar-refractivity contribution in [1.29, 1.82) is 0 Å². The number of nitrogens with zero attached hydrogens (tertiary/aromatic N) is 5. The smallest absolute Gasteiger partial charge is 0.185 e. The molecule has 2 aliphatic heterocycles. The fourth-order valence-electron chi connectivity index (χ4n) is 4.40. The van der Waals surface area contributed by atoms with Gasteiger partial charge in [0.25, 0.3) is 0 Å². The summed E-state index contributed by atoms with van der Waals surface area (Å²) in [5.74, 6) is 1.38. The van der Waals surface area contributed by atoms with Gasteiger partial charge in [0.05, 0.1) is 18.9 Å². The number of rotatable bonds is 5. The molecule has 7 nitrogen and oxygen atoms in total. The number of carbonyl (C=O) groups excluding carboxylic acids is 1. The van der Waals surface area contributed by atoms with E-state index < -0.39 is 0 Å². The molecule has 0 amide bonds. The quantitative estimate of drug-likeness (QED) is 0.737. The number of anilines is 1. The van der Waals surface area contributed by atoms with Crippen LogP contribution in [-0.4, -0.2) is 64.8 Å². The molecule has 2 aromatic rings. The van der Waals surface area contributed by atoms with Gasteiger partial charge in [0.2, 0.25) is 0 Å². The van der Waals surface area contributed by atoms with E-state index in [1.54, 1.807) is 6.20 Å². The number of likely N-dealkylation sites (tertiary alicyclic amines) is 1. The van der Waals surface area contributed by atoms with E-state index in [-0.39, 0.29) is 11.7 Å². The molecule has 0 saturated carbocycles. The van der Waals surface area contributed by atoms with Crippen LogP contribution in [0.25, 0.3) is 0 Å². The monoisotopic (exact) mass is 383 g/mol. The lowest BCUT2D eigenvalue weighted by Gasteiger charge is -2.34. The zero-order valence-electron chi connectivity index (χ0n) is 16.8. The second-order valence-corrected chi connectivity index (χ2v) is 7.76. The summed E-state index contributed by atoms with van der Waals surface area (Å²) >= 11 is 0. The van der Waals surface area contributed by atoms with Gasteiger partial charge in [-0.05, 0) is 38.4 Å². The van der Waals surface area contributed by atoms with E-state index in [1.165, 1.54) is 11.4 Å². The summed E-state index contributed by atoms with van der Waals surface area (Å²) in [4.78, 5) is 21.9. The SMILES string of the molecule is Cc1nn(C)c(N2CCOCC2)c1CN1CCC[C@@H](C(=O)c2ccccn2)C1. The molecule has 0 unspecified atom stereocenters. The maximum absolute atomic E-state index is 12.9. The standard InChI is InChI=1S/C21H29N5O2/c1-16-18(21(24(2)23-16)26-10-12-28-13-11-26)15-25-9-5-6-17(14-25)20(27)19-7-3-4-8-22-19/h3-4,7-8,17H,5-6,9-15H2,1-2H3/t17-/m1/s1. The average Bonchev–Trinajstić information content (AvgIpc) is 3.02. The summed E-state index contributed by atoms with van der Waals surface area (Å²) in [5.41, 5.74) is 2.93. The highest BCUT2D eigenvalue weighted by atomic mass is 16.5. The van der Waals surface area contributed by atoms with Crippen molar-refractivity contribution in [3.05, 3.63) is 41.3 Å². The van der Waals surface area contributed by atoms with Crippen molar-refractivity contribution >= 4 is 11.6 Å². The minimum atomic E-state index is 0.0208. The first-order valence-corrected chi connectivity index (χ1v) is 10.2. The molecule has 2 aliphatic rings. The number of piperidine rings is 1. The largest absolute Gasteiger partial charge is 0.378 e. The predicted molar refractivity (Wildman–Crippen MR) is 108 cm³/mol. The van der Waals surface area contributed by atoms with Gasteiger partial charge in [-0.15, -0.1) is 0 Å². The Morgan fingerprint density at radius 3 is 2.82 bits per heavy atom. The molecule has 0 aromatic carbocycles. The lowest BCUT2D eigenvalue weighted by molar-refractivity contribution is 0.0806. The number of aryl methyl sites for hydroxylation is 2. The third-order valence-electron chi connectivity index (χ3n) is 5.80. The molecular formula is C21H29N5O2. The Balaban J connectivity index is 1.49. The molecule has 1 atom stereocenters. The molecule has 0 N–H and O–H groups in total. The number of ketones is 1. The number of carbonyl (C=O) groups is 1. The first-order chi connectivity index (χ1) is 13.6. The molecule has 4 heterocycles. The van der Waals surface area contributed by atoms with Crippen LogP contribution >= 0.6 is 0 Å². The number of pyridine rings is 1. The van der Waals surface area contributed by atoms with E-state index in [2.05, 4.69) is 26.8 Å². The van der Waals surface area contributed by atoms with E-state index >= 15 is 0 Å². The molecule has 2 aromatic heterocycles. The summed E-state index contributed by atoms with van der Waals surface area (Å²) in [6.45, 7) is 8.02. The second kappa shape index (κ2) is 8.41. The highest BCUT2D eigenvalue weighted by Gasteiger charge is 2.29. The Bertz CT molecular complexity index is 814. The van der Waals surface area contributed by atoms with Gasteiger partial charge in [-0.25, -0.2) is 0 Å². The van der Waals surface area contributed by atoms with Crippen LogP contribution in [0.3, 0.4) is 0 Å². The Morgan fingerprint density at radius 2 is 2.07 bits per heavy atom. The molecule has 2 fully saturated rings. The van der Waals surface area contributed by atoms with Crippen molar-refractivity contribution in [2.24, 2.45) is 13.0 Å². The van der Waals surface area contributed by atoms with E-state index in [0.717, 1.165) is 64.5 Å². The molecule has 7 heteroatoms. The lowest BCUT2D eigenvalue weighted by atomic mass is 9.91. The second-order valence-electron chi connectivity index (χ2n) is 7.76. The summed E-state index contributed by atoms with van der Waals surface area (Å²) in [6, 6.07) is 5.56. The van der Waals surface area contributed by atoms with Gasteiger partial charge in [0.15, 0.2) is 5.78 Å². The normalized spacial score (nSPS) is 21.1. The van der Waals surface area contributed by atoms with Crippen LogP contribution < -0.4 is 4.90 Å². The molecule has 150 valence electrons.